The molecule has 0 radical (unpaired) electrons. The highest BCUT2D eigenvalue weighted by molar-refractivity contribution is 7.07. The predicted octanol–water partition coefficient (Wildman–Crippen LogP) is -0.112. The lowest BCUT2D eigenvalue weighted by atomic mass is 10.2. The molecule has 13 heavy (non-hydrogen) atoms. The van der Waals surface area contributed by atoms with E-state index in [1.807, 2.05) is 5.38 Å². The Labute approximate surface area is 80.4 Å². The van der Waals surface area contributed by atoms with Gasteiger partial charge in [0, 0.05) is 30.2 Å². The van der Waals surface area contributed by atoms with Gasteiger partial charge in [0.05, 0.1) is 0 Å². The first-order chi connectivity index (χ1) is 6.34. The molecule has 4 nitrogen and oxygen atoms in total. The van der Waals surface area contributed by atoms with Crippen LogP contribution in [0.3, 0.4) is 0 Å². The van der Waals surface area contributed by atoms with E-state index in [1.54, 1.807) is 0 Å². The molecule has 0 spiro atoms. The minimum atomic E-state index is 0.0290. The number of hydrogen-bond acceptors (Lipinski definition) is 4. The van der Waals surface area contributed by atoms with Gasteiger partial charge in [-0.05, 0) is 13.0 Å². The van der Waals surface area contributed by atoms with E-state index in [0.29, 0.717) is 6.04 Å². The van der Waals surface area contributed by atoms with Crippen molar-refractivity contribution in [1.29, 1.82) is 0 Å². The molecule has 1 atom stereocenters. The maximum absolute atomic E-state index is 10.8. The van der Waals surface area contributed by atoms with Crippen molar-refractivity contribution in [1.82, 2.24) is 15.6 Å². The van der Waals surface area contributed by atoms with Gasteiger partial charge in [-0.2, -0.15) is 0 Å². The van der Waals surface area contributed by atoms with Gasteiger partial charge < -0.3 is 15.6 Å². The van der Waals surface area contributed by atoms with E-state index in [0.717, 1.165) is 25.3 Å². The third-order valence-corrected chi connectivity index (χ3v) is 2.93. The minimum Gasteiger partial charge on any atom is -0.315 e. The van der Waals surface area contributed by atoms with Crippen molar-refractivity contribution in [2.24, 2.45) is 0 Å². The molecule has 0 aliphatic carbocycles. The summed E-state index contributed by atoms with van der Waals surface area (Å²) < 4.78 is 0. The SMILES string of the molecule is O=c1[nH]c(CNC2CCNC2)cs1. The Morgan fingerprint density at radius 1 is 1.69 bits per heavy atom. The fraction of sp³-hybridized carbons (Fsp3) is 0.625. The molecular weight excluding hydrogens is 186 g/mol. The standard InChI is InChI=1S/C8H13N3OS/c12-8-11-7(5-13-8)4-10-6-1-2-9-3-6/h5-6,9-10H,1-4H2,(H,11,12). The van der Waals surface area contributed by atoms with E-state index in [1.165, 1.54) is 17.8 Å². The van der Waals surface area contributed by atoms with Gasteiger partial charge in [0.1, 0.15) is 0 Å². The summed E-state index contributed by atoms with van der Waals surface area (Å²) in [6.45, 7) is 2.90. The van der Waals surface area contributed by atoms with Crippen molar-refractivity contribution in [2.45, 2.75) is 19.0 Å². The number of aromatic nitrogens is 1. The molecule has 1 aromatic rings. The molecule has 0 aromatic carbocycles. The van der Waals surface area contributed by atoms with Crippen LogP contribution in [0.5, 0.6) is 0 Å². The Hall–Kier alpha value is -0.650. The van der Waals surface area contributed by atoms with E-state index in [2.05, 4.69) is 15.6 Å². The van der Waals surface area contributed by atoms with Crippen LogP contribution < -0.4 is 15.5 Å². The monoisotopic (exact) mass is 199 g/mol. The average molecular weight is 199 g/mol. The van der Waals surface area contributed by atoms with Crippen molar-refractivity contribution >= 4 is 11.3 Å². The molecule has 1 aromatic heterocycles. The first kappa shape index (κ1) is 8.93. The molecule has 1 unspecified atom stereocenters. The Balaban J connectivity index is 1.82. The van der Waals surface area contributed by atoms with Crippen LogP contribution in [0.15, 0.2) is 10.2 Å². The van der Waals surface area contributed by atoms with E-state index >= 15 is 0 Å². The molecule has 5 heteroatoms. The van der Waals surface area contributed by atoms with Gasteiger partial charge in [-0.25, -0.2) is 0 Å². The molecular formula is C8H13N3OS. The van der Waals surface area contributed by atoms with Crippen molar-refractivity contribution in [2.75, 3.05) is 13.1 Å². The van der Waals surface area contributed by atoms with E-state index in [9.17, 15) is 4.79 Å². The molecule has 1 aliphatic heterocycles. The summed E-state index contributed by atoms with van der Waals surface area (Å²) in [6.07, 6.45) is 1.17. The lowest BCUT2D eigenvalue weighted by Crippen LogP contribution is -2.30. The Bertz CT molecular complexity index is 313. The normalized spacial score (nSPS) is 22.3. The average Bonchev–Trinajstić information content (AvgIpc) is 2.71. The summed E-state index contributed by atoms with van der Waals surface area (Å²) in [4.78, 5) is 13.6. The Morgan fingerprint density at radius 3 is 3.23 bits per heavy atom. The summed E-state index contributed by atoms with van der Waals surface area (Å²) in [5, 5.41) is 8.54. The quantitative estimate of drug-likeness (QED) is 0.636. The lowest BCUT2D eigenvalue weighted by molar-refractivity contribution is 0.542. The third-order valence-electron chi connectivity index (χ3n) is 2.21. The Morgan fingerprint density at radius 2 is 2.62 bits per heavy atom. The number of aromatic amines is 1. The van der Waals surface area contributed by atoms with Gasteiger partial charge in [0.25, 0.3) is 0 Å². The predicted molar refractivity (Wildman–Crippen MR) is 53.1 cm³/mol. The third kappa shape index (κ3) is 2.40. The number of thiazole rings is 1. The largest absolute Gasteiger partial charge is 0.315 e. The summed E-state index contributed by atoms with van der Waals surface area (Å²) in [5.41, 5.74) is 0.988. The fourth-order valence-corrected chi connectivity index (χ4v) is 2.07. The molecule has 3 N–H and O–H groups in total. The Kier molecular flexibility index (Phi) is 2.77. The van der Waals surface area contributed by atoms with Gasteiger partial charge in [0.2, 0.25) is 0 Å². The van der Waals surface area contributed by atoms with Crippen LogP contribution >= 0.6 is 11.3 Å². The molecule has 72 valence electrons. The van der Waals surface area contributed by atoms with Crippen LogP contribution in [-0.4, -0.2) is 24.1 Å². The number of H-pyrrole nitrogens is 1. The second kappa shape index (κ2) is 4.04. The first-order valence-electron chi connectivity index (χ1n) is 4.45. The van der Waals surface area contributed by atoms with Crippen LogP contribution in [0, 0.1) is 0 Å². The molecule has 0 saturated carbocycles. The lowest BCUT2D eigenvalue weighted by Gasteiger charge is -2.08. The second-order valence-electron chi connectivity index (χ2n) is 3.24. The van der Waals surface area contributed by atoms with Crippen LogP contribution in [0.25, 0.3) is 0 Å². The first-order valence-corrected chi connectivity index (χ1v) is 5.33. The van der Waals surface area contributed by atoms with E-state index in [-0.39, 0.29) is 4.87 Å². The zero-order chi connectivity index (χ0) is 9.10. The van der Waals surface area contributed by atoms with Crippen molar-refractivity contribution in [3.63, 3.8) is 0 Å². The molecule has 1 fully saturated rings. The summed E-state index contributed by atoms with van der Waals surface area (Å²) >= 11 is 1.22. The summed E-state index contributed by atoms with van der Waals surface area (Å²) in [7, 11) is 0. The van der Waals surface area contributed by atoms with Gasteiger partial charge in [0.15, 0.2) is 0 Å². The molecule has 2 heterocycles. The number of rotatable bonds is 3. The smallest absolute Gasteiger partial charge is 0.304 e. The van der Waals surface area contributed by atoms with Crippen LogP contribution in [0.4, 0.5) is 0 Å². The zero-order valence-corrected chi connectivity index (χ0v) is 8.12. The van der Waals surface area contributed by atoms with E-state index in [4.69, 9.17) is 0 Å². The maximum atomic E-state index is 10.8. The highest BCUT2D eigenvalue weighted by Gasteiger charge is 2.13. The van der Waals surface area contributed by atoms with Gasteiger partial charge >= 0.3 is 4.87 Å². The van der Waals surface area contributed by atoms with Crippen molar-refractivity contribution in [3.8, 4) is 0 Å². The van der Waals surface area contributed by atoms with Crippen molar-refractivity contribution < 1.29 is 0 Å². The van der Waals surface area contributed by atoms with Crippen LogP contribution in [-0.2, 0) is 6.54 Å². The zero-order valence-electron chi connectivity index (χ0n) is 7.30. The second-order valence-corrected chi connectivity index (χ2v) is 4.09. The number of hydrogen-bond donors (Lipinski definition) is 3. The van der Waals surface area contributed by atoms with Crippen molar-refractivity contribution in [3.05, 3.63) is 20.7 Å². The minimum absolute atomic E-state index is 0.0290. The fourth-order valence-electron chi connectivity index (χ4n) is 1.48. The molecule has 1 saturated heterocycles. The van der Waals surface area contributed by atoms with E-state index < -0.39 is 0 Å². The van der Waals surface area contributed by atoms with Gasteiger partial charge in [-0.1, -0.05) is 11.3 Å². The highest BCUT2D eigenvalue weighted by Crippen LogP contribution is 2.00. The van der Waals surface area contributed by atoms with Gasteiger partial charge in [-0.15, -0.1) is 0 Å². The van der Waals surface area contributed by atoms with Crippen LogP contribution in [0.2, 0.25) is 0 Å². The highest BCUT2D eigenvalue weighted by atomic mass is 32.1. The molecule has 1 aliphatic rings. The number of nitrogens with one attached hydrogen (secondary N) is 3. The molecule has 0 amide bonds. The van der Waals surface area contributed by atoms with Gasteiger partial charge in [-0.3, -0.25) is 4.79 Å². The summed E-state index contributed by atoms with van der Waals surface area (Å²) in [5.74, 6) is 0. The topological polar surface area (TPSA) is 56.9 Å². The molecule has 0 bridgehead atoms. The maximum Gasteiger partial charge on any atom is 0.304 e. The van der Waals surface area contributed by atoms with Crippen LogP contribution in [0.1, 0.15) is 12.1 Å². The molecule has 2 rings (SSSR count). The summed E-state index contributed by atoms with van der Waals surface area (Å²) in [6, 6.07) is 0.559.